The van der Waals surface area contributed by atoms with Gasteiger partial charge in [-0.1, -0.05) is 12.1 Å². The van der Waals surface area contributed by atoms with Gasteiger partial charge in [-0.25, -0.2) is 8.42 Å². The van der Waals surface area contributed by atoms with Crippen molar-refractivity contribution in [2.45, 2.75) is 17.1 Å². The third-order valence-electron chi connectivity index (χ3n) is 4.45. The summed E-state index contributed by atoms with van der Waals surface area (Å²) in [5, 5.41) is 3.33. The zero-order valence-corrected chi connectivity index (χ0v) is 12.3. The summed E-state index contributed by atoms with van der Waals surface area (Å²) in [6.07, 6.45) is 0.959. The Morgan fingerprint density at radius 1 is 1.19 bits per heavy atom. The van der Waals surface area contributed by atoms with Crippen molar-refractivity contribution < 1.29 is 17.2 Å². The van der Waals surface area contributed by atoms with Gasteiger partial charge in [-0.05, 0) is 43.5 Å². The van der Waals surface area contributed by atoms with Gasteiger partial charge in [0.2, 0.25) is 9.84 Å². The molecule has 4 nitrogen and oxygen atoms in total. The van der Waals surface area contributed by atoms with Crippen molar-refractivity contribution in [1.29, 1.82) is 0 Å². The molecule has 0 aliphatic carbocycles. The molecular formula is C14H18F2N2O2S. The number of nitrogens with zero attached hydrogens (tertiary/aromatic N) is 1. The van der Waals surface area contributed by atoms with Crippen molar-refractivity contribution in [2.24, 2.45) is 11.8 Å². The van der Waals surface area contributed by atoms with Gasteiger partial charge >= 0.3 is 5.76 Å². The van der Waals surface area contributed by atoms with E-state index >= 15 is 0 Å². The topological polar surface area (TPSA) is 49.4 Å². The highest BCUT2D eigenvalue weighted by Crippen LogP contribution is 2.34. The third kappa shape index (κ3) is 2.64. The minimum absolute atomic E-state index is 0.260. The number of nitrogens with one attached hydrogen (secondary N) is 1. The summed E-state index contributed by atoms with van der Waals surface area (Å²) in [7, 11) is -4.57. The lowest BCUT2D eigenvalue weighted by Gasteiger charge is -2.36. The smallest absolute Gasteiger partial charge is 0.341 e. The van der Waals surface area contributed by atoms with Crippen LogP contribution in [0.4, 0.5) is 14.5 Å². The number of anilines is 1. The average molecular weight is 316 g/mol. The second-order valence-corrected chi connectivity index (χ2v) is 7.57. The van der Waals surface area contributed by atoms with Gasteiger partial charge in [0, 0.05) is 13.1 Å². The van der Waals surface area contributed by atoms with E-state index in [0.717, 1.165) is 19.5 Å². The molecule has 0 saturated carbocycles. The molecule has 2 saturated heterocycles. The third-order valence-corrected chi connectivity index (χ3v) is 5.88. The van der Waals surface area contributed by atoms with Crippen molar-refractivity contribution in [3.63, 3.8) is 0 Å². The minimum atomic E-state index is -4.57. The summed E-state index contributed by atoms with van der Waals surface area (Å²) in [5.74, 6) is -2.31. The Morgan fingerprint density at radius 3 is 2.67 bits per heavy atom. The van der Waals surface area contributed by atoms with Crippen LogP contribution in [0, 0.1) is 11.8 Å². The lowest BCUT2D eigenvalue weighted by molar-refractivity contribution is 0.234. The molecule has 2 heterocycles. The van der Waals surface area contributed by atoms with Crippen LogP contribution in [-0.4, -0.2) is 40.4 Å². The van der Waals surface area contributed by atoms with E-state index in [1.54, 1.807) is 12.1 Å². The molecule has 7 heteroatoms. The number of fused-ring (bicyclic) bond motifs is 1. The molecule has 2 atom stereocenters. The predicted molar refractivity (Wildman–Crippen MR) is 76.3 cm³/mol. The highest BCUT2D eigenvalue weighted by molar-refractivity contribution is 7.91. The fourth-order valence-electron chi connectivity index (χ4n) is 3.31. The second-order valence-electron chi connectivity index (χ2n) is 5.69. The lowest BCUT2D eigenvalue weighted by atomic mass is 9.88. The van der Waals surface area contributed by atoms with Crippen molar-refractivity contribution in [2.75, 3.05) is 31.1 Å². The number of piperidine rings is 1. The van der Waals surface area contributed by atoms with E-state index in [0.29, 0.717) is 30.6 Å². The van der Waals surface area contributed by atoms with Gasteiger partial charge in [0.1, 0.15) is 0 Å². The van der Waals surface area contributed by atoms with E-state index in [1.807, 2.05) is 4.90 Å². The van der Waals surface area contributed by atoms with Crippen LogP contribution in [0.15, 0.2) is 29.2 Å². The molecule has 2 fully saturated rings. The van der Waals surface area contributed by atoms with Gasteiger partial charge in [-0.2, -0.15) is 8.78 Å². The average Bonchev–Trinajstić information content (AvgIpc) is 2.94. The number of sulfone groups is 1. The Labute approximate surface area is 123 Å². The highest BCUT2D eigenvalue weighted by Gasteiger charge is 2.36. The maximum Gasteiger partial charge on any atom is 0.341 e. The molecular weight excluding hydrogens is 298 g/mol. The molecule has 0 aromatic heterocycles. The summed E-state index contributed by atoms with van der Waals surface area (Å²) in [5.41, 5.74) is 0.406. The first kappa shape index (κ1) is 14.7. The standard InChI is InChI=1S/C14H18F2N2O2S/c15-14(16)21(19,20)13-4-2-1-3-12(13)18-6-5-10-7-17-8-11(10)9-18/h1-4,10-11,14,17H,5-9H2. The molecule has 1 aromatic rings. The molecule has 2 aliphatic rings. The zero-order chi connectivity index (χ0) is 15.0. The van der Waals surface area contributed by atoms with Crippen LogP contribution in [0.1, 0.15) is 6.42 Å². The van der Waals surface area contributed by atoms with E-state index in [2.05, 4.69) is 5.32 Å². The van der Waals surface area contributed by atoms with E-state index in [1.165, 1.54) is 12.1 Å². The summed E-state index contributed by atoms with van der Waals surface area (Å²) in [6, 6.07) is 6.08. The van der Waals surface area contributed by atoms with Gasteiger partial charge in [0.25, 0.3) is 0 Å². The first-order valence-electron chi connectivity index (χ1n) is 7.07. The van der Waals surface area contributed by atoms with Gasteiger partial charge in [-0.15, -0.1) is 0 Å². The van der Waals surface area contributed by atoms with Crippen LogP contribution >= 0.6 is 0 Å². The van der Waals surface area contributed by atoms with Gasteiger partial charge in [0.15, 0.2) is 0 Å². The quantitative estimate of drug-likeness (QED) is 0.923. The number of benzene rings is 1. The summed E-state index contributed by atoms with van der Waals surface area (Å²) >= 11 is 0. The molecule has 2 aliphatic heterocycles. The van der Waals surface area contributed by atoms with Crippen molar-refractivity contribution in [3.8, 4) is 0 Å². The second kappa shape index (κ2) is 5.53. The molecule has 0 radical (unpaired) electrons. The van der Waals surface area contributed by atoms with Crippen molar-refractivity contribution in [1.82, 2.24) is 5.32 Å². The molecule has 21 heavy (non-hydrogen) atoms. The number of halogens is 2. The van der Waals surface area contributed by atoms with Gasteiger partial charge in [-0.3, -0.25) is 0 Å². The molecule has 2 unspecified atom stereocenters. The largest absolute Gasteiger partial charge is 0.370 e. The number of para-hydroxylation sites is 1. The van der Waals surface area contributed by atoms with E-state index in [4.69, 9.17) is 0 Å². The zero-order valence-electron chi connectivity index (χ0n) is 11.5. The lowest BCUT2D eigenvalue weighted by Crippen LogP contribution is -2.40. The molecule has 0 amide bonds. The van der Waals surface area contributed by atoms with Crippen LogP contribution in [0.25, 0.3) is 0 Å². The minimum Gasteiger partial charge on any atom is -0.370 e. The molecule has 3 rings (SSSR count). The van der Waals surface area contributed by atoms with Crippen LogP contribution in [0.3, 0.4) is 0 Å². The Hall–Kier alpha value is -1.21. The Balaban J connectivity index is 1.93. The van der Waals surface area contributed by atoms with Crippen LogP contribution in [0.5, 0.6) is 0 Å². The van der Waals surface area contributed by atoms with Crippen molar-refractivity contribution >= 4 is 15.5 Å². The van der Waals surface area contributed by atoms with Crippen LogP contribution in [-0.2, 0) is 9.84 Å². The van der Waals surface area contributed by atoms with E-state index < -0.39 is 15.6 Å². The predicted octanol–water partition coefficient (Wildman–Crippen LogP) is 1.73. The van der Waals surface area contributed by atoms with Gasteiger partial charge < -0.3 is 10.2 Å². The monoisotopic (exact) mass is 316 g/mol. The summed E-state index contributed by atoms with van der Waals surface area (Å²) in [6.45, 7) is 3.33. The Bertz CT molecular complexity index is 621. The number of hydrogen-bond acceptors (Lipinski definition) is 4. The molecule has 116 valence electrons. The number of hydrogen-bond donors (Lipinski definition) is 1. The fraction of sp³-hybridized carbons (Fsp3) is 0.571. The summed E-state index contributed by atoms with van der Waals surface area (Å²) < 4.78 is 49.4. The first-order chi connectivity index (χ1) is 10.00. The summed E-state index contributed by atoms with van der Waals surface area (Å²) in [4.78, 5) is 1.67. The first-order valence-corrected chi connectivity index (χ1v) is 8.61. The fourth-order valence-corrected chi connectivity index (χ4v) is 4.26. The Kier molecular flexibility index (Phi) is 3.88. The van der Waals surface area contributed by atoms with E-state index in [9.17, 15) is 17.2 Å². The van der Waals surface area contributed by atoms with Crippen LogP contribution in [0.2, 0.25) is 0 Å². The molecule has 1 aromatic carbocycles. The van der Waals surface area contributed by atoms with Crippen molar-refractivity contribution in [3.05, 3.63) is 24.3 Å². The molecule has 1 N–H and O–H groups in total. The number of rotatable bonds is 3. The number of alkyl halides is 2. The maximum absolute atomic E-state index is 12.8. The van der Waals surface area contributed by atoms with Gasteiger partial charge in [0.05, 0.1) is 10.6 Å². The normalized spacial score (nSPS) is 26.1. The highest BCUT2D eigenvalue weighted by atomic mass is 32.2. The maximum atomic E-state index is 12.8. The Morgan fingerprint density at radius 2 is 1.90 bits per heavy atom. The molecule has 0 bridgehead atoms. The van der Waals surface area contributed by atoms with E-state index in [-0.39, 0.29) is 4.90 Å². The SMILES string of the molecule is O=S(=O)(c1ccccc1N1CCC2CNCC2C1)C(F)F. The van der Waals surface area contributed by atoms with Crippen LogP contribution < -0.4 is 10.2 Å². The molecule has 0 spiro atoms.